The van der Waals surface area contributed by atoms with E-state index in [1.807, 2.05) is 4.90 Å². The molecule has 1 atom stereocenters. The first kappa shape index (κ1) is 12.0. The van der Waals surface area contributed by atoms with Crippen LogP contribution in [-0.2, 0) is 0 Å². The Hall–Kier alpha value is -1.42. The molecule has 1 fully saturated rings. The molecule has 3 nitrogen and oxygen atoms in total. The van der Waals surface area contributed by atoms with Gasteiger partial charge in [-0.05, 0) is 31.9 Å². The molecule has 2 rings (SSSR count). The standard InChI is InChI=1S/C13H16N2OS/c1-9-3-2-8-15(9)13(16)11-6-4-10(5-7-11)12(14)17/h4-7,9H,2-3,8H2,1H3,(H2,14,17). The quantitative estimate of drug-likeness (QED) is 0.814. The van der Waals surface area contributed by atoms with Gasteiger partial charge in [0.1, 0.15) is 4.99 Å². The smallest absolute Gasteiger partial charge is 0.254 e. The molecule has 1 aromatic rings. The van der Waals surface area contributed by atoms with E-state index in [9.17, 15) is 4.79 Å². The number of nitrogens with two attached hydrogens (primary N) is 1. The summed E-state index contributed by atoms with van der Waals surface area (Å²) < 4.78 is 0. The molecule has 0 spiro atoms. The monoisotopic (exact) mass is 248 g/mol. The van der Waals surface area contributed by atoms with E-state index >= 15 is 0 Å². The van der Waals surface area contributed by atoms with Crippen LogP contribution in [0.25, 0.3) is 0 Å². The molecular weight excluding hydrogens is 232 g/mol. The molecular formula is C13H16N2OS. The number of nitrogens with zero attached hydrogens (tertiary/aromatic N) is 1. The Kier molecular flexibility index (Phi) is 3.43. The third-order valence-electron chi connectivity index (χ3n) is 3.23. The molecule has 1 amide bonds. The Labute approximate surface area is 107 Å². The highest BCUT2D eigenvalue weighted by atomic mass is 32.1. The van der Waals surface area contributed by atoms with Gasteiger partial charge in [0, 0.05) is 23.7 Å². The summed E-state index contributed by atoms with van der Waals surface area (Å²) in [6, 6.07) is 7.54. The minimum Gasteiger partial charge on any atom is -0.389 e. The molecule has 90 valence electrons. The SMILES string of the molecule is CC1CCCN1C(=O)c1ccc(C(N)=S)cc1. The molecule has 1 saturated heterocycles. The van der Waals surface area contributed by atoms with Crippen LogP contribution in [0.3, 0.4) is 0 Å². The molecule has 4 heteroatoms. The Morgan fingerprint density at radius 3 is 2.41 bits per heavy atom. The van der Waals surface area contributed by atoms with Gasteiger partial charge in [0.2, 0.25) is 0 Å². The lowest BCUT2D eigenvalue weighted by molar-refractivity contribution is 0.0747. The second kappa shape index (κ2) is 4.84. The summed E-state index contributed by atoms with van der Waals surface area (Å²) in [5.41, 5.74) is 7.02. The first-order valence-corrected chi connectivity index (χ1v) is 6.21. The van der Waals surface area contributed by atoms with E-state index in [2.05, 4.69) is 6.92 Å². The van der Waals surface area contributed by atoms with Crippen LogP contribution in [0.2, 0.25) is 0 Å². The van der Waals surface area contributed by atoms with Crippen molar-refractivity contribution in [3.05, 3.63) is 35.4 Å². The van der Waals surface area contributed by atoms with Crippen LogP contribution in [-0.4, -0.2) is 28.4 Å². The highest BCUT2D eigenvalue weighted by molar-refractivity contribution is 7.80. The lowest BCUT2D eigenvalue weighted by atomic mass is 10.1. The normalized spacial score (nSPS) is 19.4. The first-order valence-electron chi connectivity index (χ1n) is 5.80. The number of amides is 1. The molecule has 2 N–H and O–H groups in total. The summed E-state index contributed by atoms with van der Waals surface area (Å²) in [6.07, 6.45) is 2.19. The summed E-state index contributed by atoms with van der Waals surface area (Å²) in [7, 11) is 0. The van der Waals surface area contributed by atoms with Crippen molar-refractivity contribution in [2.24, 2.45) is 5.73 Å². The van der Waals surface area contributed by atoms with Crippen molar-refractivity contribution < 1.29 is 4.79 Å². The summed E-state index contributed by atoms with van der Waals surface area (Å²) in [5, 5.41) is 0. The van der Waals surface area contributed by atoms with Gasteiger partial charge in [0.25, 0.3) is 5.91 Å². The van der Waals surface area contributed by atoms with E-state index in [1.54, 1.807) is 24.3 Å². The van der Waals surface area contributed by atoms with Crippen LogP contribution in [0.5, 0.6) is 0 Å². The van der Waals surface area contributed by atoms with Gasteiger partial charge < -0.3 is 10.6 Å². The van der Waals surface area contributed by atoms with E-state index in [-0.39, 0.29) is 5.91 Å². The van der Waals surface area contributed by atoms with Gasteiger partial charge in [-0.3, -0.25) is 4.79 Å². The van der Waals surface area contributed by atoms with E-state index in [0.29, 0.717) is 16.6 Å². The van der Waals surface area contributed by atoms with Crippen LogP contribution < -0.4 is 5.73 Å². The molecule has 1 aromatic carbocycles. The second-order valence-electron chi connectivity index (χ2n) is 4.43. The largest absolute Gasteiger partial charge is 0.389 e. The zero-order valence-corrected chi connectivity index (χ0v) is 10.7. The van der Waals surface area contributed by atoms with Gasteiger partial charge >= 0.3 is 0 Å². The number of rotatable bonds is 2. The molecule has 0 radical (unpaired) electrons. The number of benzene rings is 1. The fourth-order valence-electron chi connectivity index (χ4n) is 2.18. The van der Waals surface area contributed by atoms with E-state index in [4.69, 9.17) is 18.0 Å². The molecule has 0 saturated carbocycles. The second-order valence-corrected chi connectivity index (χ2v) is 4.87. The minimum atomic E-state index is 0.101. The maximum atomic E-state index is 12.2. The van der Waals surface area contributed by atoms with Crippen LogP contribution in [0.4, 0.5) is 0 Å². The number of hydrogen-bond acceptors (Lipinski definition) is 2. The lowest BCUT2D eigenvalue weighted by Crippen LogP contribution is -2.33. The van der Waals surface area contributed by atoms with Gasteiger partial charge in [-0.2, -0.15) is 0 Å². The Bertz CT molecular complexity index is 441. The summed E-state index contributed by atoms with van der Waals surface area (Å²) in [4.78, 5) is 14.5. The zero-order chi connectivity index (χ0) is 12.4. The molecule has 1 unspecified atom stereocenters. The van der Waals surface area contributed by atoms with Crippen molar-refractivity contribution in [3.63, 3.8) is 0 Å². The van der Waals surface area contributed by atoms with Crippen molar-refractivity contribution in [3.8, 4) is 0 Å². The fraction of sp³-hybridized carbons (Fsp3) is 0.385. The highest BCUT2D eigenvalue weighted by Crippen LogP contribution is 2.19. The Morgan fingerprint density at radius 1 is 1.35 bits per heavy atom. The Morgan fingerprint density at radius 2 is 1.94 bits per heavy atom. The van der Waals surface area contributed by atoms with Crippen molar-refractivity contribution >= 4 is 23.1 Å². The van der Waals surface area contributed by atoms with E-state index < -0.39 is 0 Å². The van der Waals surface area contributed by atoms with E-state index in [1.165, 1.54) is 0 Å². The van der Waals surface area contributed by atoms with Gasteiger partial charge in [0.15, 0.2) is 0 Å². The lowest BCUT2D eigenvalue weighted by Gasteiger charge is -2.21. The average molecular weight is 248 g/mol. The van der Waals surface area contributed by atoms with Crippen molar-refractivity contribution in [1.29, 1.82) is 0 Å². The fourth-order valence-corrected chi connectivity index (χ4v) is 2.31. The van der Waals surface area contributed by atoms with Gasteiger partial charge in [0.05, 0.1) is 0 Å². The number of carbonyl (C=O) groups excluding carboxylic acids is 1. The van der Waals surface area contributed by atoms with E-state index in [0.717, 1.165) is 24.9 Å². The van der Waals surface area contributed by atoms with Crippen molar-refractivity contribution in [1.82, 2.24) is 4.90 Å². The maximum Gasteiger partial charge on any atom is 0.254 e. The molecule has 1 aliphatic heterocycles. The molecule has 0 aliphatic carbocycles. The highest BCUT2D eigenvalue weighted by Gasteiger charge is 2.25. The van der Waals surface area contributed by atoms with Gasteiger partial charge in [-0.15, -0.1) is 0 Å². The molecule has 0 bridgehead atoms. The van der Waals surface area contributed by atoms with Crippen molar-refractivity contribution in [2.45, 2.75) is 25.8 Å². The number of hydrogen-bond donors (Lipinski definition) is 1. The molecule has 0 aromatic heterocycles. The van der Waals surface area contributed by atoms with Crippen LogP contribution >= 0.6 is 12.2 Å². The first-order chi connectivity index (χ1) is 8.09. The third-order valence-corrected chi connectivity index (χ3v) is 3.47. The van der Waals surface area contributed by atoms with Crippen LogP contribution in [0.15, 0.2) is 24.3 Å². The Balaban J connectivity index is 2.17. The predicted molar refractivity (Wildman–Crippen MR) is 72.1 cm³/mol. The number of thiocarbonyl (C=S) groups is 1. The zero-order valence-electron chi connectivity index (χ0n) is 9.85. The summed E-state index contributed by atoms with van der Waals surface area (Å²) in [5.74, 6) is 0.101. The van der Waals surface area contributed by atoms with Crippen LogP contribution in [0.1, 0.15) is 35.7 Å². The third kappa shape index (κ3) is 2.47. The van der Waals surface area contributed by atoms with Gasteiger partial charge in [-0.25, -0.2) is 0 Å². The molecule has 1 heterocycles. The predicted octanol–water partition coefficient (Wildman–Crippen LogP) is 1.95. The molecule has 1 aliphatic rings. The summed E-state index contributed by atoms with van der Waals surface area (Å²) >= 11 is 4.88. The number of carbonyl (C=O) groups is 1. The van der Waals surface area contributed by atoms with Gasteiger partial charge in [-0.1, -0.05) is 24.4 Å². The summed E-state index contributed by atoms with van der Waals surface area (Å²) in [6.45, 7) is 2.95. The topological polar surface area (TPSA) is 46.3 Å². The van der Waals surface area contributed by atoms with Crippen molar-refractivity contribution in [2.75, 3.05) is 6.54 Å². The average Bonchev–Trinajstić information content (AvgIpc) is 2.74. The maximum absolute atomic E-state index is 12.2. The van der Waals surface area contributed by atoms with Crippen LogP contribution in [0, 0.1) is 0 Å². The number of likely N-dealkylation sites (tertiary alicyclic amines) is 1. The minimum absolute atomic E-state index is 0.101. The molecule has 17 heavy (non-hydrogen) atoms.